The fourth-order valence-electron chi connectivity index (χ4n) is 4.95. The number of unbranched alkanes of at least 4 members (excludes halogenated alkanes) is 1. The number of hydrogen-bond donors (Lipinski definition) is 0. The normalized spacial score (nSPS) is 17.1. The summed E-state index contributed by atoms with van der Waals surface area (Å²) in [5, 5.41) is 0. The predicted molar refractivity (Wildman–Crippen MR) is 146 cm³/mol. The first-order valence-electron chi connectivity index (χ1n) is 13.8. The van der Waals surface area contributed by atoms with E-state index in [1.165, 1.54) is 0 Å². The molecule has 0 bridgehead atoms. The summed E-state index contributed by atoms with van der Waals surface area (Å²) in [5.41, 5.74) is -1.56. The zero-order chi connectivity index (χ0) is 31.6. The minimum atomic E-state index is -4.58. The van der Waals surface area contributed by atoms with Gasteiger partial charge in [-0.25, -0.2) is 26.3 Å². The quantitative estimate of drug-likeness (QED) is 0.137. The zero-order valence-corrected chi connectivity index (χ0v) is 23.3. The van der Waals surface area contributed by atoms with Crippen LogP contribution in [0.3, 0.4) is 0 Å². The van der Waals surface area contributed by atoms with Gasteiger partial charge in [0, 0.05) is 23.1 Å². The molecule has 0 radical (unpaired) electrons. The summed E-state index contributed by atoms with van der Waals surface area (Å²) < 4.78 is 131. The monoisotopic (exact) mass is 622 g/mol. The molecular formula is C33H26F8O3. The van der Waals surface area contributed by atoms with Crippen LogP contribution in [-0.2, 0) is 15.6 Å². The molecule has 1 aliphatic heterocycles. The number of hydrogen-bond acceptors (Lipinski definition) is 3. The number of rotatable bonds is 9. The fraction of sp³-hybridized carbons (Fsp3) is 0.273. The van der Waals surface area contributed by atoms with Crippen LogP contribution in [-0.4, -0.2) is 13.2 Å². The molecule has 0 spiro atoms. The van der Waals surface area contributed by atoms with Gasteiger partial charge in [0.05, 0.1) is 13.2 Å². The number of halogens is 8. The lowest BCUT2D eigenvalue weighted by atomic mass is 10.0. The molecule has 1 fully saturated rings. The van der Waals surface area contributed by atoms with Crippen LogP contribution in [0.5, 0.6) is 5.75 Å². The molecule has 0 aromatic heterocycles. The minimum Gasteiger partial charge on any atom is -0.429 e. The van der Waals surface area contributed by atoms with Crippen molar-refractivity contribution in [3.8, 4) is 28.0 Å². The smallest absolute Gasteiger partial charge is 0.429 e. The molecule has 3 nitrogen and oxygen atoms in total. The summed E-state index contributed by atoms with van der Waals surface area (Å²) >= 11 is 0. The summed E-state index contributed by atoms with van der Waals surface area (Å²) in [5.74, 6) is -9.93. The highest BCUT2D eigenvalue weighted by molar-refractivity contribution is 5.66. The van der Waals surface area contributed by atoms with Gasteiger partial charge in [0.2, 0.25) is 0 Å². The minimum absolute atomic E-state index is 0.0228. The van der Waals surface area contributed by atoms with E-state index in [1.54, 1.807) is 24.3 Å². The second-order valence-corrected chi connectivity index (χ2v) is 10.5. The van der Waals surface area contributed by atoms with E-state index in [4.69, 9.17) is 9.47 Å². The van der Waals surface area contributed by atoms with Gasteiger partial charge in [-0.05, 0) is 59.5 Å². The molecule has 4 aromatic rings. The molecule has 232 valence electrons. The lowest BCUT2D eigenvalue weighted by molar-refractivity contribution is -0.206. The molecule has 0 unspecified atom stereocenters. The van der Waals surface area contributed by atoms with Crippen molar-refractivity contribution < 1.29 is 49.3 Å². The Balaban J connectivity index is 1.31. The first kappa shape index (κ1) is 31.5. The van der Waals surface area contributed by atoms with Crippen molar-refractivity contribution in [3.63, 3.8) is 0 Å². The second-order valence-electron chi connectivity index (χ2n) is 10.5. The van der Waals surface area contributed by atoms with E-state index in [2.05, 4.69) is 11.7 Å². The van der Waals surface area contributed by atoms with Crippen molar-refractivity contribution in [2.24, 2.45) is 5.92 Å². The van der Waals surface area contributed by atoms with E-state index in [0.717, 1.165) is 43.5 Å². The summed E-state index contributed by atoms with van der Waals surface area (Å²) in [7, 11) is 0. The average molecular weight is 623 g/mol. The van der Waals surface area contributed by atoms with Gasteiger partial charge < -0.3 is 14.2 Å². The molecule has 0 amide bonds. The van der Waals surface area contributed by atoms with Crippen molar-refractivity contribution >= 4 is 0 Å². The van der Waals surface area contributed by atoms with Gasteiger partial charge in [-0.3, -0.25) is 0 Å². The fourth-order valence-corrected chi connectivity index (χ4v) is 4.95. The van der Waals surface area contributed by atoms with Crippen LogP contribution < -0.4 is 4.74 Å². The van der Waals surface area contributed by atoms with Gasteiger partial charge in [0.1, 0.15) is 28.8 Å². The Morgan fingerprint density at radius 3 is 1.86 bits per heavy atom. The predicted octanol–water partition coefficient (Wildman–Crippen LogP) is 9.84. The maximum Gasteiger partial charge on any atom is 0.432 e. The van der Waals surface area contributed by atoms with E-state index in [0.29, 0.717) is 48.5 Å². The van der Waals surface area contributed by atoms with Crippen molar-refractivity contribution in [2.75, 3.05) is 13.2 Å². The summed E-state index contributed by atoms with van der Waals surface area (Å²) in [4.78, 5) is 0. The molecular weight excluding hydrogens is 596 g/mol. The standard InChI is InChI=1S/C33H26F8O3/c1-2-3-4-18-16-42-32(43-17-18)20-7-5-19(6-8-20)21-11-26(35)30(27(36)12-21)33(40,41)44-23-9-10-24(25(34)15-23)22-13-28(37)31(39)29(38)14-22/h5-15,18,32H,2-4,16-17H2,1H3. The van der Waals surface area contributed by atoms with Crippen LogP contribution in [0.1, 0.15) is 43.6 Å². The highest BCUT2D eigenvalue weighted by atomic mass is 19.3. The van der Waals surface area contributed by atoms with Gasteiger partial charge in [0.25, 0.3) is 0 Å². The molecule has 11 heteroatoms. The topological polar surface area (TPSA) is 27.7 Å². The summed E-state index contributed by atoms with van der Waals surface area (Å²) in [6, 6.07) is 11.0. The van der Waals surface area contributed by atoms with Gasteiger partial charge in [-0.1, -0.05) is 44.0 Å². The van der Waals surface area contributed by atoms with E-state index in [9.17, 15) is 35.1 Å². The molecule has 1 saturated heterocycles. The Morgan fingerprint density at radius 1 is 0.705 bits per heavy atom. The van der Waals surface area contributed by atoms with E-state index >= 15 is 0 Å². The highest BCUT2D eigenvalue weighted by Gasteiger charge is 2.41. The Labute approximate surface area is 248 Å². The number of alkyl halides is 2. The lowest BCUT2D eigenvalue weighted by Gasteiger charge is -2.29. The summed E-state index contributed by atoms with van der Waals surface area (Å²) in [6.45, 7) is 3.20. The molecule has 0 saturated carbocycles. The van der Waals surface area contributed by atoms with Gasteiger partial charge in [-0.2, -0.15) is 8.78 Å². The molecule has 5 rings (SSSR count). The molecule has 1 aliphatic rings. The Bertz CT molecular complexity index is 1590. The third kappa shape index (κ3) is 6.73. The van der Waals surface area contributed by atoms with Crippen LogP contribution in [0.4, 0.5) is 35.1 Å². The van der Waals surface area contributed by atoms with Gasteiger partial charge in [0.15, 0.2) is 23.7 Å². The van der Waals surface area contributed by atoms with Crippen molar-refractivity contribution in [1.82, 2.24) is 0 Å². The van der Waals surface area contributed by atoms with Crippen molar-refractivity contribution in [1.29, 1.82) is 0 Å². The first-order chi connectivity index (χ1) is 21.0. The van der Waals surface area contributed by atoms with Crippen LogP contribution in [0.2, 0.25) is 0 Å². The van der Waals surface area contributed by atoms with Crippen LogP contribution in [0, 0.1) is 40.8 Å². The Morgan fingerprint density at radius 2 is 1.30 bits per heavy atom. The van der Waals surface area contributed by atoms with Gasteiger partial charge >= 0.3 is 6.11 Å². The molecule has 0 aliphatic carbocycles. The SMILES string of the molecule is CCCCC1COC(c2ccc(-c3cc(F)c(C(F)(F)Oc4ccc(-c5cc(F)c(F)c(F)c5)c(F)c4)c(F)c3)cc2)OC1. The lowest BCUT2D eigenvalue weighted by Crippen LogP contribution is -2.27. The molecule has 1 heterocycles. The van der Waals surface area contributed by atoms with Crippen LogP contribution >= 0.6 is 0 Å². The molecule has 0 atom stereocenters. The largest absolute Gasteiger partial charge is 0.432 e. The van der Waals surface area contributed by atoms with Crippen LogP contribution in [0.15, 0.2) is 66.7 Å². The van der Waals surface area contributed by atoms with Gasteiger partial charge in [-0.15, -0.1) is 0 Å². The molecule has 44 heavy (non-hydrogen) atoms. The summed E-state index contributed by atoms with van der Waals surface area (Å²) in [6.07, 6.45) is -2.01. The highest BCUT2D eigenvalue weighted by Crippen LogP contribution is 2.39. The van der Waals surface area contributed by atoms with Crippen LogP contribution in [0.25, 0.3) is 22.3 Å². The first-order valence-corrected chi connectivity index (χ1v) is 13.8. The maximum absolute atomic E-state index is 15.0. The van der Waals surface area contributed by atoms with E-state index in [-0.39, 0.29) is 5.56 Å². The van der Waals surface area contributed by atoms with E-state index < -0.39 is 69.7 Å². The Kier molecular flexibility index (Phi) is 9.26. The third-order valence-electron chi connectivity index (χ3n) is 7.26. The Hall–Kier alpha value is -3.96. The number of ether oxygens (including phenoxy) is 3. The van der Waals surface area contributed by atoms with E-state index in [1.807, 2.05) is 0 Å². The van der Waals surface area contributed by atoms with Crippen molar-refractivity contribution in [2.45, 2.75) is 38.6 Å². The average Bonchev–Trinajstić information content (AvgIpc) is 2.98. The maximum atomic E-state index is 15.0. The third-order valence-corrected chi connectivity index (χ3v) is 7.26. The molecule has 4 aromatic carbocycles. The molecule has 0 N–H and O–H groups in total. The number of benzene rings is 4. The zero-order valence-electron chi connectivity index (χ0n) is 23.3. The second kappa shape index (κ2) is 13.0. The van der Waals surface area contributed by atoms with Crippen molar-refractivity contribution in [3.05, 3.63) is 113 Å².